The summed E-state index contributed by atoms with van der Waals surface area (Å²) in [6.07, 6.45) is 3.85. The molecule has 1 unspecified atom stereocenters. The maximum absolute atomic E-state index is 12.5. The van der Waals surface area contributed by atoms with E-state index in [1.54, 1.807) is 30.3 Å². The van der Waals surface area contributed by atoms with Gasteiger partial charge in [0.1, 0.15) is 5.82 Å². The van der Waals surface area contributed by atoms with Gasteiger partial charge in [-0.25, -0.2) is 4.98 Å². The SMILES string of the molecule is CNc1ncccc1C(=O)N1CCCC(C)(O)CC1. The van der Waals surface area contributed by atoms with Crippen molar-refractivity contribution in [2.24, 2.45) is 0 Å². The van der Waals surface area contributed by atoms with Gasteiger partial charge in [-0.1, -0.05) is 0 Å². The minimum atomic E-state index is -0.657. The molecule has 1 aliphatic rings. The zero-order valence-electron chi connectivity index (χ0n) is 11.5. The maximum atomic E-state index is 12.5. The zero-order chi connectivity index (χ0) is 13.9. The molecule has 5 nitrogen and oxygen atoms in total. The molecule has 0 radical (unpaired) electrons. The largest absolute Gasteiger partial charge is 0.390 e. The summed E-state index contributed by atoms with van der Waals surface area (Å²) in [6, 6.07) is 3.55. The van der Waals surface area contributed by atoms with Gasteiger partial charge in [-0.3, -0.25) is 4.79 Å². The number of nitrogens with one attached hydrogen (secondary N) is 1. The molecule has 1 saturated heterocycles. The van der Waals surface area contributed by atoms with Crippen molar-refractivity contribution in [3.8, 4) is 0 Å². The predicted molar refractivity (Wildman–Crippen MR) is 74.2 cm³/mol. The fourth-order valence-corrected chi connectivity index (χ4v) is 2.41. The number of carbonyl (C=O) groups is 1. The Labute approximate surface area is 113 Å². The van der Waals surface area contributed by atoms with Crippen molar-refractivity contribution in [1.82, 2.24) is 9.88 Å². The van der Waals surface area contributed by atoms with Crippen molar-refractivity contribution < 1.29 is 9.90 Å². The molecule has 104 valence electrons. The van der Waals surface area contributed by atoms with Crippen LogP contribution in [0.2, 0.25) is 0 Å². The second kappa shape index (κ2) is 5.57. The van der Waals surface area contributed by atoms with Gasteiger partial charge < -0.3 is 15.3 Å². The fourth-order valence-electron chi connectivity index (χ4n) is 2.41. The van der Waals surface area contributed by atoms with Crippen LogP contribution in [0.25, 0.3) is 0 Å². The first-order valence-corrected chi connectivity index (χ1v) is 6.68. The van der Waals surface area contributed by atoms with E-state index in [0.29, 0.717) is 30.9 Å². The number of pyridine rings is 1. The number of rotatable bonds is 2. The Kier molecular flexibility index (Phi) is 4.04. The van der Waals surface area contributed by atoms with Crippen LogP contribution in [-0.2, 0) is 0 Å². The van der Waals surface area contributed by atoms with E-state index in [2.05, 4.69) is 10.3 Å². The summed E-state index contributed by atoms with van der Waals surface area (Å²) in [7, 11) is 1.76. The van der Waals surface area contributed by atoms with Gasteiger partial charge >= 0.3 is 0 Å². The Hall–Kier alpha value is -1.62. The zero-order valence-corrected chi connectivity index (χ0v) is 11.5. The highest BCUT2D eigenvalue weighted by Gasteiger charge is 2.28. The summed E-state index contributed by atoms with van der Waals surface area (Å²) in [5, 5.41) is 13.0. The Morgan fingerprint density at radius 3 is 3.00 bits per heavy atom. The third kappa shape index (κ3) is 3.23. The van der Waals surface area contributed by atoms with Crippen LogP contribution in [0.3, 0.4) is 0 Å². The monoisotopic (exact) mass is 263 g/mol. The first kappa shape index (κ1) is 13.8. The van der Waals surface area contributed by atoms with Gasteiger partial charge in [-0.05, 0) is 38.3 Å². The molecule has 0 aliphatic carbocycles. The molecule has 2 N–H and O–H groups in total. The summed E-state index contributed by atoms with van der Waals surface area (Å²) < 4.78 is 0. The number of aliphatic hydroxyl groups is 1. The lowest BCUT2D eigenvalue weighted by Crippen LogP contribution is -2.34. The molecule has 1 aromatic heterocycles. The quantitative estimate of drug-likeness (QED) is 0.848. The van der Waals surface area contributed by atoms with Gasteiger partial charge in [-0.15, -0.1) is 0 Å². The predicted octanol–water partition coefficient (Wildman–Crippen LogP) is 1.50. The van der Waals surface area contributed by atoms with E-state index in [9.17, 15) is 9.90 Å². The highest BCUT2D eigenvalue weighted by atomic mass is 16.3. The van der Waals surface area contributed by atoms with E-state index < -0.39 is 5.60 Å². The number of carbonyl (C=O) groups excluding carboxylic acids is 1. The molecule has 0 aromatic carbocycles. The molecule has 1 amide bonds. The lowest BCUT2D eigenvalue weighted by atomic mass is 9.98. The van der Waals surface area contributed by atoms with Gasteiger partial charge in [0.05, 0.1) is 11.2 Å². The van der Waals surface area contributed by atoms with Gasteiger partial charge in [0.25, 0.3) is 5.91 Å². The number of nitrogens with zero attached hydrogens (tertiary/aromatic N) is 2. The van der Waals surface area contributed by atoms with Gasteiger partial charge in [0, 0.05) is 26.3 Å². The number of amides is 1. The molecular formula is C14H21N3O2. The summed E-state index contributed by atoms with van der Waals surface area (Å²) in [5.41, 5.74) is -0.0675. The van der Waals surface area contributed by atoms with Crippen molar-refractivity contribution in [3.05, 3.63) is 23.9 Å². The van der Waals surface area contributed by atoms with Gasteiger partial charge in [0.2, 0.25) is 0 Å². The average molecular weight is 263 g/mol. The number of aromatic nitrogens is 1. The molecule has 0 bridgehead atoms. The van der Waals surface area contributed by atoms with E-state index in [4.69, 9.17) is 0 Å². The van der Waals surface area contributed by atoms with Crippen molar-refractivity contribution in [3.63, 3.8) is 0 Å². The molecule has 2 heterocycles. The molecule has 1 atom stereocenters. The van der Waals surface area contributed by atoms with Crippen LogP contribution in [0, 0.1) is 0 Å². The van der Waals surface area contributed by atoms with Crippen molar-refractivity contribution in [2.45, 2.75) is 31.8 Å². The van der Waals surface area contributed by atoms with Crippen LogP contribution in [-0.4, -0.2) is 46.6 Å². The lowest BCUT2D eigenvalue weighted by Gasteiger charge is -2.23. The third-order valence-electron chi connectivity index (χ3n) is 3.63. The van der Waals surface area contributed by atoms with Gasteiger partial charge in [0.15, 0.2) is 0 Å². The van der Waals surface area contributed by atoms with Gasteiger partial charge in [-0.2, -0.15) is 0 Å². The molecule has 2 rings (SSSR count). The molecule has 0 saturated carbocycles. The summed E-state index contributed by atoms with van der Waals surface area (Å²) in [6.45, 7) is 3.11. The van der Waals surface area contributed by atoms with E-state index in [-0.39, 0.29) is 5.91 Å². The van der Waals surface area contributed by atoms with Crippen LogP contribution in [0.4, 0.5) is 5.82 Å². The second-order valence-electron chi connectivity index (χ2n) is 5.29. The van der Waals surface area contributed by atoms with E-state index in [1.165, 1.54) is 0 Å². The van der Waals surface area contributed by atoms with E-state index >= 15 is 0 Å². The molecule has 5 heteroatoms. The highest BCUT2D eigenvalue weighted by Crippen LogP contribution is 2.23. The summed E-state index contributed by atoms with van der Waals surface area (Å²) in [4.78, 5) is 18.5. The Morgan fingerprint density at radius 1 is 1.47 bits per heavy atom. The standard InChI is InChI=1S/C14H21N3O2/c1-14(19)6-4-9-17(10-7-14)13(18)11-5-3-8-16-12(11)15-2/h3,5,8,19H,4,6-7,9-10H2,1-2H3,(H,15,16). The smallest absolute Gasteiger partial charge is 0.257 e. The van der Waals surface area contributed by atoms with E-state index in [0.717, 1.165) is 12.8 Å². The molecule has 1 aliphatic heterocycles. The second-order valence-corrected chi connectivity index (χ2v) is 5.29. The Balaban J connectivity index is 2.15. The Bertz CT molecular complexity index is 460. The number of hydrogen-bond acceptors (Lipinski definition) is 4. The topological polar surface area (TPSA) is 65.5 Å². The van der Waals surface area contributed by atoms with Crippen LogP contribution in [0.5, 0.6) is 0 Å². The lowest BCUT2D eigenvalue weighted by molar-refractivity contribution is 0.0438. The number of anilines is 1. The van der Waals surface area contributed by atoms with Crippen LogP contribution >= 0.6 is 0 Å². The minimum absolute atomic E-state index is 0.0184. The van der Waals surface area contributed by atoms with Crippen LogP contribution in [0.15, 0.2) is 18.3 Å². The van der Waals surface area contributed by atoms with Crippen molar-refractivity contribution in [1.29, 1.82) is 0 Å². The summed E-state index contributed by atoms with van der Waals surface area (Å²) in [5.74, 6) is 0.582. The average Bonchev–Trinajstić information content (AvgIpc) is 2.59. The number of hydrogen-bond donors (Lipinski definition) is 2. The number of likely N-dealkylation sites (tertiary alicyclic amines) is 1. The molecular weight excluding hydrogens is 242 g/mol. The van der Waals surface area contributed by atoms with Crippen LogP contribution < -0.4 is 5.32 Å². The minimum Gasteiger partial charge on any atom is -0.390 e. The maximum Gasteiger partial charge on any atom is 0.257 e. The molecule has 19 heavy (non-hydrogen) atoms. The first-order valence-electron chi connectivity index (χ1n) is 6.68. The summed E-state index contributed by atoms with van der Waals surface area (Å²) >= 11 is 0. The van der Waals surface area contributed by atoms with Crippen LogP contribution in [0.1, 0.15) is 36.5 Å². The van der Waals surface area contributed by atoms with E-state index in [1.807, 2.05) is 6.92 Å². The molecule has 0 spiro atoms. The first-order chi connectivity index (χ1) is 9.03. The van der Waals surface area contributed by atoms with Crippen molar-refractivity contribution >= 4 is 11.7 Å². The third-order valence-corrected chi connectivity index (χ3v) is 3.63. The normalized spacial score (nSPS) is 23.8. The molecule has 1 fully saturated rings. The molecule has 1 aromatic rings. The Morgan fingerprint density at radius 2 is 2.26 bits per heavy atom. The van der Waals surface area contributed by atoms with Crippen molar-refractivity contribution in [2.75, 3.05) is 25.5 Å². The highest BCUT2D eigenvalue weighted by molar-refractivity contribution is 5.98. The fraction of sp³-hybridized carbons (Fsp3) is 0.571.